The van der Waals surface area contributed by atoms with E-state index in [0.717, 1.165) is 64.1 Å². The van der Waals surface area contributed by atoms with E-state index in [1.165, 1.54) is 16.3 Å². The molecule has 4 aromatic rings. The molecule has 0 spiro atoms. The number of aryl methyl sites for hydroxylation is 1. The van der Waals surface area contributed by atoms with E-state index in [0.29, 0.717) is 49.9 Å². The molecule has 5 aliphatic heterocycles. The van der Waals surface area contributed by atoms with Crippen molar-refractivity contribution < 1.29 is 28.7 Å². The van der Waals surface area contributed by atoms with Crippen molar-refractivity contribution >= 4 is 46.1 Å². The van der Waals surface area contributed by atoms with Crippen LogP contribution in [0.15, 0.2) is 41.9 Å². The highest BCUT2D eigenvalue weighted by Gasteiger charge is 2.44. The molecule has 9 rings (SSSR count). The van der Waals surface area contributed by atoms with Crippen LogP contribution in [0.3, 0.4) is 0 Å². The molecule has 3 aromatic heterocycles. The molecule has 6 atom stereocenters. The number of cyclic esters (lactones) is 1. The van der Waals surface area contributed by atoms with Gasteiger partial charge in [-0.1, -0.05) is 33.8 Å². The Morgan fingerprint density at radius 3 is 2.59 bits per heavy atom. The van der Waals surface area contributed by atoms with Crippen molar-refractivity contribution in [1.29, 1.82) is 0 Å². The van der Waals surface area contributed by atoms with Crippen LogP contribution in [0.2, 0.25) is 0 Å². The Kier molecular flexibility index (Phi) is 13.2. The van der Waals surface area contributed by atoms with Crippen molar-refractivity contribution in [2.24, 2.45) is 11.3 Å². The van der Waals surface area contributed by atoms with E-state index in [4.69, 9.17) is 19.4 Å². The predicted molar refractivity (Wildman–Crippen MR) is 247 cm³/mol. The summed E-state index contributed by atoms with van der Waals surface area (Å²) in [5.74, 6) is -1.47. The number of carbonyl (C=O) groups excluding carboxylic acids is 4. The lowest BCUT2D eigenvalue weighted by Crippen LogP contribution is -2.66. The number of carbonyl (C=O) groups is 4. The molecule has 8 heterocycles. The Balaban J connectivity index is 1.16. The third kappa shape index (κ3) is 8.90. The molecule has 4 saturated heterocycles. The Labute approximate surface area is 380 Å². The highest BCUT2D eigenvalue weighted by atomic mass is 32.1. The first-order chi connectivity index (χ1) is 30.6. The van der Waals surface area contributed by atoms with E-state index in [1.807, 2.05) is 37.1 Å². The van der Waals surface area contributed by atoms with Crippen molar-refractivity contribution in [3.8, 4) is 22.5 Å². The molecule has 4 fully saturated rings. The van der Waals surface area contributed by atoms with E-state index in [2.05, 4.69) is 72.3 Å². The minimum absolute atomic E-state index is 0.0961. The zero-order valence-electron chi connectivity index (χ0n) is 38.8. The fraction of sp³-hybridized carbons (Fsp3) is 0.583. The summed E-state index contributed by atoms with van der Waals surface area (Å²) in [5, 5.41) is 8.28. The second-order valence-corrected chi connectivity index (χ2v) is 20.3. The number of hydrazine groups is 1. The van der Waals surface area contributed by atoms with Crippen LogP contribution < -0.4 is 10.7 Å². The van der Waals surface area contributed by atoms with Crippen LogP contribution in [-0.4, -0.2) is 136 Å². The molecular formula is C48H65N9O6S. The molecule has 5 aliphatic rings. The van der Waals surface area contributed by atoms with E-state index >= 15 is 0 Å². The Bertz CT molecular complexity index is 2390. The summed E-state index contributed by atoms with van der Waals surface area (Å²) in [6, 6.07) is 8.09. The van der Waals surface area contributed by atoms with Gasteiger partial charge in [-0.2, -0.15) is 0 Å². The SMILES string of the molecule is CCn1c(-c2cccnc2[C@H](C)OC)c2c3cc(ccc31)-c1csc(n1)C[C@H](NC(=O)C(C(C)C)N(C)C(=O)N1CC3CCC1CN3C)C(=O)N1CCC[C@H](N1)C(=O)OCC(C)(C)C2. The molecule has 3 unspecified atom stereocenters. The summed E-state index contributed by atoms with van der Waals surface area (Å²) in [5.41, 5.74) is 9.44. The van der Waals surface area contributed by atoms with Crippen LogP contribution in [0.5, 0.6) is 0 Å². The number of benzene rings is 1. The minimum atomic E-state index is -1.03. The molecule has 8 bridgehead atoms. The summed E-state index contributed by atoms with van der Waals surface area (Å²) in [7, 11) is 5.49. The van der Waals surface area contributed by atoms with Crippen LogP contribution in [0.1, 0.15) is 89.6 Å². The second kappa shape index (κ2) is 18.5. The quantitative estimate of drug-likeness (QED) is 0.200. The molecule has 16 heteroatoms. The van der Waals surface area contributed by atoms with Crippen molar-refractivity contribution in [2.45, 2.75) is 123 Å². The number of pyridine rings is 1. The number of nitrogens with one attached hydrogen (secondary N) is 2. The third-order valence-corrected chi connectivity index (χ3v) is 14.7. The number of hydrogen-bond acceptors (Lipinski definition) is 11. The number of esters is 1. The van der Waals surface area contributed by atoms with Gasteiger partial charge >= 0.3 is 12.0 Å². The van der Waals surface area contributed by atoms with E-state index in [1.54, 1.807) is 25.3 Å². The summed E-state index contributed by atoms with van der Waals surface area (Å²) in [6.07, 6.45) is 5.32. The van der Waals surface area contributed by atoms with Gasteiger partial charge in [0.25, 0.3) is 5.91 Å². The monoisotopic (exact) mass is 895 g/mol. The van der Waals surface area contributed by atoms with Gasteiger partial charge in [0.05, 0.1) is 34.8 Å². The van der Waals surface area contributed by atoms with Gasteiger partial charge in [0, 0.05) is 97.9 Å². The molecule has 1 aromatic carbocycles. The Morgan fingerprint density at radius 2 is 1.89 bits per heavy atom. The van der Waals surface area contributed by atoms with Gasteiger partial charge in [-0.25, -0.2) is 15.2 Å². The lowest BCUT2D eigenvalue weighted by atomic mass is 9.84. The molecule has 2 N–H and O–H groups in total. The average Bonchev–Trinajstić information content (AvgIpc) is 3.88. The number of fused-ring (bicyclic) bond motifs is 9. The normalized spacial score (nSPS) is 23.8. The first-order valence-corrected chi connectivity index (χ1v) is 23.8. The number of piperazine rings is 1. The number of methoxy groups -OCH3 is 1. The van der Waals surface area contributed by atoms with Crippen molar-refractivity contribution in [3.05, 3.63) is 58.2 Å². The average molecular weight is 896 g/mol. The molecule has 15 nitrogen and oxygen atoms in total. The molecule has 0 radical (unpaired) electrons. The fourth-order valence-corrected chi connectivity index (χ4v) is 11.2. The number of thiazole rings is 1. The second-order valence-electron chi connectivity index (χ2n) is 19.3. The number of ether oxygens (including phenoxy) is 2. The van der Waals surface area contributed by atoms with E-state index in [9.17, 15) is 19.2 Å². The summed E-state index contributed by atoms with van der Waals surface area (Å²) in [4.78, 5) is 72.9. The first-order valence-electron chi connectivity index (χ1n) is 22.9. The number of nitrogens with zero attached hydrogens (tertiary/aromatic N) is 7. The summed E-state index contributed by atoms with van der Waals surface area (Å²) < 4.78 is 14.3. The number of amides is 4. The lowest BCUT2D eigenvalue weighted by Gasteiger charge is -2.51. The predicted octanol–water partition coefficient (Wildman–Crippen LogP) is 6.06. The zero-order valence-corrected chi connectivity index (χ0v) is 39.7. The number of likely N-dealkylation sites (N-methyl/N-ethyl adjacent to an activating group) is 2. The molecule has 4 amide bonds. The minimum Gasteiger partial charge on any atom is -0.464 e. The maximum absolute atomic E-state index is 14.6. The molecule has 344 valence electrons. The summed E-state index contributed by atoms with van der Waals surface area (Å²) in [6.45, 7) is 14.9. The first kappa shape index (κ1) is 45.7. The fourth-order valence-electron chi connectivity index (χ4n) is 10.3. The number of aromatic nitrogens is 3. The topological polar surface area (TPSA) is 154 Å². The third-order valence-electron chi connectivity index (χ3n) is 13.8. The van der Waals surface area contributed by atoms with Crippen molar-refractivity contribution in [2.75, 3.05) is 47.4 Å². The van der Waals surface area contributed by atoms with Crippen LogP contribution in [0, 0.1) is 11.3 Å². The van der Waals surface area contributed by atoms with Gasteiger partial charge in [-0.05, 0) is 88.7 Å². The van der Waals surface area contributed by atoms with Crippen LogP contribution in [-0.2, 0) is 43.2 Å². The van der Waals surface area contributed by atoms with Crippen LogP contribution in [0.4, 0.5) is 4.79 Å². The van der Waals surface area contributed by atoms with Gasteiger partial charge in [0.2, 0.25) is 5.91 Å². The van der Waals surface area contributed by atoms with Crippen molar-refractivity contribution in [3.63, 3.8) is 0 Å². The van der Waals surface area contributed by atoms with Gasteiger partial charge in [0.15, 0.2) is 0 Å². The highest BCUT2D eigenvalue weighted by Crippen LogP contribution is 2.42. The lowest BCUT2D eigenvalue weighted by molar-refractivity contribution is -0.155. The van der Waals surface area contributed by atoms with Gasteiger partial charge in [0.1, 0.15) is 18.1 Å². The molecule has 0 saturated carbocycles. The molecule has 64 heavy (non-hydrogen) atoms. The Morgan fingerprint density at radius 1 is 1.11 bits per heavy atom. The van der Waals surface area contributed by atoms with E-state index < -0.39 is 35.4 Å². The van der Waals surface area contributed by atoms with Crippen LogP contribution >= 0.6 is 11.3 Å². The van der Waals surface area contributed by atoms with Gasteiger partial charge < -0.3 is 29.2 Å². The molecular weight excluding hydrogens is 831 g/mol. The number of urea groups is 1. The highest BCUT2D eigenvalue weighted by molar-refractivity contribution is 7.10. The number of rotatable bonds is 8. The maximum Gasteiger partial charge on any atom is 0.324 e. The Hall–Kier alpha value is -4.90. The molecule has 0 aliphatic carbocycles. The van der Waals surface area contributed by atoms with Gasteiger partial charge in [-0.15, -0.1) is 11.3 Å². The van der Waals surface area contributed by atoms with Crippen molar-refractivity contribution in [1.82, 2.24) is 45.0 Å². The van der Waals surface area contributed by atoms with Crippen LogP contribution in [0.25, 0.3) is 33.4 Å². The van der Waals surface area contributed by atoms with E-state index in [-0.39, 0.29) is 43.0 Å². The number of piperidine rings is 2. The largest absolute Gasteiger partial charge is 0.464 e. The zero-order chi connectivity index (χ0) is 45.6. The standard InChI is InChI=1S/C48H65N9O6S/c1-10-55-39-18-15-30-21-34(39)35(43(55)33-13-11-19-49-41(33)29(4)62-9)23-48(5,6)27-63-46(60)36-14-12-20-57(52-36)45(59)37(22-40-50-38(30)26-64-40)51-44(58)42(28(2)3)54(8)47(61)56-25-31-16-17-32(56)24-53(31)7/h11,13,15,18-19,21,26,28-29,31-32,36-37,42,52H,10,12,14,16-17,20,22-25,27H2,1-9H3,(H,51,58)/t29-,31?,32?,36-,37-,42?/m0/s1. The number of hydrogen-bond donors (Lipinski definition) is 2. The van der Waals surface area contributed by atoms with Gasteiger partial charge in [-0.3, -0.25) is 29.3 Å². The summed E-state index contributed by atoms with van der Waals surface area (Å²) >= 11 is 1.44. The maximum atomic E-state index is 14.6. The smallest absolute Gasteiger partial charge is 0.324 e.